The minimum atomic E-state index is 0.476. The zero-order valence-corrected chi connectivity index (χ0v) is 10.9. The van der Waals surface area contributed by atoms with Gasteiger partial charge in [-0.2, -0.15) is 0 Å². The Morgan fingerprint density at radius 3 is 2.71 bits per heavy atom. The number of hydrogen-bond acceptors (Lipinski definition) is 4. The molecule has 0 saturated heterocycles. The lowest BCUT2D eigenvalue weighted by molar-refractivity contribution is 0.407. The second kappa shape index (κ2) is 7.27. The normalized spacial score (nSPS) is 10.9. The zero-order chi connectivity index (χ0) is 12.7. The quantitative estimate of drug-likeness (QED) is 0.290. The Morgan fingerprint density at radius 1 is 1.35 bits per heavy atom. The van der Waals surface area contributed by atoms with E-state index in [1.54, 1.807) is 7.11 Å². The van der Waals surface area contributed by atoms with Gasteiger partial charge in [0.05, 0.1) is 13.8 Å². The Balaban J connectivity index is 2.64. The van der Waals surface area contributed by atoms with Crippen molar-refractivity contribution in [1.82, 2.24) is 10.7 Å². The number of hydrazine groups is 1. The van der Waals surface area contributed by atoms with Crippen molar-refractivity contribution in [1.29, 1.82) is 0 Å². The lowest BCUT2D eigenvalue weighted by atomic mass is 9.98. The molecule has 96 valence electrons. The van der Waals surface area contributed by atoms with Gasteiger partial charge in [0, 0.05) is 6.54 Å². The lowest BCUT2D eigenvalue weighted by Crippen LogP contribution is -2.34. The van der Waals surface area contributed by atoms with Crippen LogP contribution in [0.5, 0.6) is 5.75 Å². The van der Waals surface area contributed by atoms with E-state index in [1.165, 1.54) is 11.1 Å². The molecule has 4 nitrogen and oxygen atoms in total. The molecular formula is C13H23N3O. The monoisotopic (exact) mass is 237 g/mol. The van der Waals surface area contributed by atoms with Crippen LogP contribution >= 0.6 is 0 Å². The highest BCUT2D eigenvalue weighted by Gasteiger charge is 2.07. The Hall–Kier alpha value is -1.10. The largest absolute Gasteiger partial charge is 0.496 e. The van der Waals surface area contributed by atoms with Crippen LogP contribution in [-0.4, -0.2) is 20.3 Å². The molecule has 4 N–H and O–H groups in total. The second-order valence-electron chi connectivity index (χ2n) is 4.36. The Kier molecular flexibility index (Phi) is 5.97. The summed E-state index contributed by atoms with van der Waals surface area (Å²) in [4.78, 5) is 0. The smallest absolute Gasteiger partial charge is 0.122 e. The highest BCUT2D eigenvalue weighted by atomic mass is 16.5. The van der Waals surface area contributed by atoms with Crippen molar-refractivity contribution in [3.63, 3.8) is 0 Å². The third-order valence-corrected chi connectivity index (χ3v) is 2.73. The molecule has 0 spiro atoms. The van der Waals surface area contributed by atoms with Crippen molar-refractivity contribution >= 4 is 0 Å². The van der Waals surface area contributed by atoms with Crippen LogP contribution in [0.3, 0.4) is 0 Å². The fourth-order valence-electron chi connectivity index (χ4n) is 1.78. The predicted molar refractivity (Wildman–Crippen MR) is 71.0 cm³/mol. The van der Waals surface area contributed by atoms with Crippen molar-refractivity contribution in [2.45, 2.75) is 26.2 Å². The van der Waals surface area contributed by atoms with Crippen LogP contribution in [0.2, 0.25) is 0 Å². The first-order valence-electron chi connectivity index (χ1n) is 6.00. The SMILES string of the molecule is COc1ccc(CCNCNN)cc1C(C)C. The Bertz CT molecular complexity index is 339. The Labute approximate surface area is 104 Å². The van der Waals surface area contributed by atoms with Gasteiger partial charge < -0.3 is 10.1 Å². The molecule has 4 heteroatoms. The zero-order valence-electron chi connectivity index (χ0n) is 10.9. The first-order valence-corrected chi connectivity index (χ1v) is 6.00. The number of benzene rings is 1. The van der Waals surface area contributed by atoms with Gasteiger partial charge in [-0.25, -0.2) is 5.43 Å². The van der Waals surface area contributed by atoms with Crippen molar-refractivity contribution in [2.24, 2.45) is 5.84 Å². The molecule has 17 heavy (non-hydrogen) atoms. The molecule has 0 amide bonds. The van der Waals surface area contributed by atoms with Crippen LogP contribution in [0.25, 0.3) is 0 Å². The topological polar surface area (TPSA) is 59.3 Å². The van der Waals surface area contributed by atoms with Gasteiger partial charge in [-0.05, 0) is 29.5 Å². The molecule has 0 aliphatic heterocycles. The molecule has 0 aliphatic rings. The highest BCUT2D eigenvalue weighted by Crippen LogP contribution is 2.27. The maximum absolute atomic E-state index is 5.36. The summed E-state index contributed by atoms with van der Waals surface area (Å²) in [6, 6.07) is 6.38. The van der Waals surface area contributed by atoms with E-state index in [0.29, 0.717) is 12.6 Å². The molecule has 1 aromatic carbocycles. The van der Waals surface area contributed by atoms with E-state index in [0.717, 1.165) is 18.7 Å². The number of methoxy groups -OCH3 is 1. The van der Waals surface area contributed by atoms with E-state index in [9.17, 15) is 0 Å². The minimum Gasteiger partial charge on any atom is -0.496 e. The molecule has 0 aromatic heterocycles. The molecule has 0 radical (unpaired) electrons. The summed E-state index contributed by atoms with van der Waals surface area (Å²) in [5.41, 5.74) is 5.15. The summed E-state index contributed by atoms with van der Waals surface area (Å²) in [5.74, 6) is 6.63. The number of hydrogen-bond donors (Lipinski definition) is 3. The average Bonchev–Trinajstić information content (AvgIpc) is 2.34. The molecule has 0 saturated carbocycles. The second-order valence-corrected chi connectivity index (χ2v) is 4.36. The van der Waals surface area contributed by atoms with Gasteiger partial charge in [0.1, 0.15) is 5.75 Å². The fraction of sp³-hybridized carbons (Fsp3) is 0.538. The van der Waals surface area contributed by atoms with Crippen LogP contribution < -0.4 is 21.3 Å². The van der Waals surface area contributed by atoms with Crippen LogP contribution in [-0.2, 0) is 6.42 Å². The van der Waals surface area contributed by atoms with Gasteiger partial charge in [0.25, 0.3) is 0 Å². The Morgan fingerprint density at radius 2 is 2.12 bits per heavy atom. The molecular weight excluding hydrogens is 214 g/mol. The van der Waals surface area contributed by atoms with Crippen LogP contribution in [0.1, 0.15) is 30.9 Å². The molecule has 0 heterocycles. The van der Waals surface area contributed by atoms with E-state index in [2.05, 4.69) is 36.7 Å². The van der Waals surface area contributed by atoms with Crippen molar-refractivity contribution in [3.8, 4) is 5.75 Å². The molecule has 0 unspecified atom stereocenters. The van der Waals surface area contributed by atoms with Crippen molar-refractivity contribution < 1.29 is 4.74 Å². The van der Waals surface area contributed by atoms with Gasteiger partial charge in [0.2, 0.25) is 0 Å². The van der Waals surface area contributed by atoms with Gasteiger partial charge in [-0.3, -0.25) is 5.84 Å². The molecule has 0 atom stereocenters. The van der Waals surface area contributed by atoms with Gasteiger partial charge in [-0.15, -0.1) is 0 Å². The van der Waals surface area contributed by atoms with Gasteiger partial charge >= 0.3 is 0 Å². The summed E-state index contributed by atoms with van der Waals surface area (Å²) < 4.78 is 5.36. The maximum Gasteiger partial charge on any atom is 0.122 e. The fourth-order valence-corrected chi connectivity index (χ4v) is 1.78. The third kappa shape index (κ3) is 4.34. The molecule has 1 aromatic rings. The molecule has 1 rings (SSSR count). The predicted octanol–water partition coefficient (Wildman–Crippen LogP) is 1.37. The third-order valence-electron chi connectivity index (χ3n) is 2.73. The van der Waals surface area contributed by atoms with Crippen LogP contribution in [0, 0.1) is 0 Å². The number of ether oxygens (including phenoxy) is 1. The van der Waals surface area contributed by atoms with Crippen LogP contribution in [0.4, 0.5) is 0 Å². The standard InChI is InChI=1S/C13H23N3O/c1-10(2)12-8-11(4-5-13(12)17-3)6-7-15-9-16-14/h4-5,8,10,15-16H,6-7,9,14H2,1-3H3. The van der Waals surface area contributed by atoms with E-state index >= 15 is 0 Å². The summed E-state index contributed by atoms with van der Waals surface area (Å²) in [6.07, 6.45) is 0.991. The first kappa shape index (κ1) is 14.0. The van der Waals surface area contributed by atoms with Gasteiger partial charge in [0.15, 0.2) is 0 Å². The summed E-state index contributed by atoms with van der Waals surface area (Å²) in [5, 5.41) is 3.19. The average molecular weight is 237 g/mol. The number of nitrogens with one attached hydrogen (secondary N) is 2. The molecule has 0 aliphatic carbocycles. The van der Waals surface area contributed by atoms with E-state index in [-0.39, 0.29) is 0 Å². The molecule has 0 fully saturated rings. The summed E-state index contributed by atoms with van der Waals surface area (Å²) >= 11 is 0. The number of nitrogens with two attached hydrogens (primary N) is 1. The summed E-state index contributed by atoms with van der Waals surface area (Å²) in [6.45, 7) is 5.90. The van der Waals surface area contributed by atoms with E-state index in [4.69, 9.17) is 10.6 Å². The van der Waals surface area contributed by atoms with Crippen molar-refractivity contribution in [3.05, 3.63) is 29.3 Å². The first-order chi connectivity index (χ1) is 8.19. The van der Waals surface area contributed by atoms with Gasteiger partial charge in [-0.1, -0.05) is 26.0 Å². The molecule has 0 bridgehead atoms. The van der Waals surface area contributed by atoms with E-state index < -0.39 is 0 Å². The minimum absolute atomic E-state index is 0.476. The lowest BCUT2D eigenvalue weighted by Gasteiger charge is -2.13. The van der Waals surface area contributed by atoms with Crippen molar-refractivity contribution in [2.75, 3.05) is 20.3 Å². The number of rotatable bonds is 7. The highest BCUT2D eigenvalue weighted by molar-refractivity contribution is 5.39. The van der Waals surface area contributed by atoms with E-state index in [1.807, 2.05) is 6.07 Å². The summed E-state index contributed by atoms with van der Waals surface area (Å²) in [7, 11) is 1.72. The maximum atomic E-state index is 5.36. The van der Waals surface area contributed by atoms with Crippen LogP contribution in [0.15, 0.2) is 18.2 Å².